The highest BCUT2D eigenvalue weighted by atomic mass is 35.5. The minimum Gasteiger partial charge on any atom is -0.492 e. The maximum absolute atomic E-state index is 12.3. The first-order valence-corrected chi connectivity index (χ1v) is 8.55. The molecule has 2 heterocycles. The van der Waals surface area contributed by atoms with Gasteiger partial charge in [-0.3, -0.25) is 4.79 Å². The molecule has 0 bridgehead atoms. The quantitative estimate of drug-likeness (QED) is 0.885. The molecule has 128 valence electrons. The number of hydrogen-bond donors (Lipinski definition) is 1. The highest BCUT2D eigenvalue weighted by Crippen LogP contribution is 2.30. The van der Waals surface area contributed by atoms with Crippen LogP contribution in [0, 0.1) is 0 Å². The van der Waals surface area contributed by atoms with Crippen molar-refractivity contribution in [2.75, 3.05) is 25.0 Å². The fourth-order valence-electron chi connectivity index (χ4n) is 2.91. The molecule has 0 unspecified atom stereocenters. The minimum atomic E-state index is 0.0312. The van der Waals surface area contributed by atoms with Crippen molar-refractivity contribution in [2.24, 2.45) is 0 Å². The molecule has 1 aliphatic rings. The van der Waals surface area contributed by atoms with Gasteiger partial charge in [0.1, 0.15) is 12.0 Å². The molecule has 1 aromatic carbocycles. The number of rotatable bonds is 5. The molecule has 0 spiro atoms. The zero-order valence-corrected chi connectivity index (χ0v) is 14.4. The SMILES string of the molecule is CCOc1cc(Cl)ccc1NC1CCN(C(=O)c2ccoc2)CC1. The number of amides is 1. The lowest BCUT2D eigenvalue weighted by atomic mass is 10.0. The van der Waals surface area contributed by atoms with E-state index in [0.717, 1.165) is 37.4 Å². The zero-order chi connectivity index (χ0) is 16.9. The largest absolute Gasteiger partial charge is 0.492 e. The molecule has 1 N–H and O–H groups in total. The first kappa shape index (κ1) is 16.7. The summed E-state index contributed by atoms with van der Waals surface area (Å²) >= 11 is 6.04. The first-order chi connectivity index (χ1) is 11.7. The van der Waals surface area contributed by atoms with E-state index >= 15 is 0 Å². The smallest absolute Gasteiger partial charge is 0.257 e. The Hall–Kier alpha value is -2.14. The summed E-state index contributed by atoms with van der Waals surface area (Å²) < 4.78 is 10.6. The summed E-state index contributed by atoms with van der Waals surface area (Å²) in [6, 6.07) is 7.62. The Labute approximate surface area is 146 Å². The third kappa shape index (κ3) is 3.85. The molecular weight excluding hydrogens is 328 g/mol. The Bertz CT molecular complexity index is 680. The van der Waals surface area contributed by atoms with Gasteiger partial charge in [-0.15, -0.1) is 0 Å². The number of carbonyl (C=O) groups is 1. The summed E-state index contributed by atoms with van der Waals surface area (Å²) in [6.45, 7) is 3.98. The third-order valence-electron chi connectivity index (χ3n) is 4.15. The normalized spacial score (nSPS) is 15.3. The van der Waals surface area contributed by atoms with Gasteiger partial charge >= 0.3 is 0 Å². The summed E-state index contributed by atoms with van der Waals surface area (Å²) in [5, 5.41) is 4.17. The molecule has 1 fully saturated rings. The summed E-state index contributed by atoms with van der Waals surface area (Å²) in [5.41, 5.74) is 1.55. The molecule has 6 heteroatoms. The second kappa shape index (κ2) is 7.62. The predicted octanol–water partition coefficient (Wildman–Crippen LogP) is 4.05. The summed E-state index contributed by atoms with van der Waals surface area (Å²) in [4.78, 5) is 14.2. The summed E-state index contributed by atoms with van der Waals surface area (Å²) in [6.07, 6.45) is 4.79. The fourth-order valence-corrected chi connectivity index (χ4v) is 3.07. The van der Waals surface area contributed by atoms with Gasteiger partial charge in [0, 0.05) is 30.2 Å². The Morgan fingerprint density at radius 1 is 1.38 bits per heavy atom. The van der Waals surface area contributed by atoms with Crippen LogP contribution in [0.4, 0.5) is 5.69 Å². The van der Waals surface area contributed by atoms with Crippen LogP contribution in [0.5, 0.6) is 5.75 Å². The number of furan rings is 1. The molecule has 1 aromatic heterocycles. The molecule has 3 rings (SSSR count). The molecule has 5 nitrogen and oxygen atoms in total. The van der Waals surface area contributed by atoms with E-state index in [9.17, 15) is 4.79 Å². The maximum Gasteiger partial charge on any atom is 0.257 e. The third-order valence-corrected chi connectivity index (χ3v) is 4.39. The van der Waals surface area contributed by atoms with Gasteiger partial charge in [0.2, 0.25) is 0 Å². The second-order valence-corrected chi connectivity index (χ2v) is 6.23. The van der Waals surface area contributed by atoms with Gasteiger partial charge in [-0.05, 0) is 38.0 Å². The van der Waals surface area contributed by atoms with Crippen LogP contribution in [-0.4, -0.2) is 36.5 Å². The zero-order valence-electron chi connectivity index (χ0n) is 13.6. The van der Waals surface area contributed by atoms with Crippen LogP contribution in [0.3, 0.4) is 0 Å². The van der Waals surface area contributed by atoms with E-state index in [0.29, 0.717) is 23.2 Å². The minimum absolute atomic E-state index is 0.0312. The Morgan fingerprint density at radius 2 is 2.17 bits per heavy atom. The molecule has 0 aliphatic carbocycles. The first-order valence-electron chi connectivity index (χ1n) is 8.17. The Morgan fingerprint density at radius 3 is 2.83 bits per heavy atom. The van der Waals surface area contributed by atoms with Crippen molar-refractivity contribution < 1.29 is 13.9 Å². The number of ether oxygens (including phenoxy) is 1. The van der Waals surface area contributed by atoms with Crippen LogP contribution in [-0.2, 0) is 0 Å². The van der Waals surface area contributed by atoms with Gasteiger partial charge in [0.25, 0.3) is 5.91 Å². The molecule has 1 aliphatic heterocycles. The van der Waals surface area contributed by atoms with Gasteiger partial charge in [0.15, 0.2) is 0 Å². The number of likely N-dealkylation sites (tertiary alicyclic amines) is 1. The molecule has 2 aromatic rings. The van der Waals surface area contributed by atoms with E-state index in [-0.39, 0.29) is 5.91 Å². The highest BCUT2D eigenvalue weighted by Gasteiger charge is 2.24. The van der Waals surface area contributed by atoms with Gasteiger partial charge in [0.05, 0.1) is 24.1 Å². The van der Waals surface area contributed by atoms with Crippen molar-refractivity contribution in [3.8, 4) is 5.75 Å². The lowest BCUT2D eigenvalue weighted by Crippen LogP contribution is -2.42. The lowest BCUT2D eigenvalue weighted by Gasteiger charge is -2.33. The van der Waals surface area contributed by atoms with E-state index < -0.39 is 0 Å². The maximum atomic E-state index is 12.3. The fraction of sp³-hybridized carbons (Fsp3) is 0.389. The molecule has 0 saturated carbocycles. The van der Waals surface area contributed by atoms with Crippen molar-refractivity contribution in [1.29, 1.82) is 0 Å². The van der Waals surface area contributed by atoms with Crippen molar-refractivity contribution >= 4 is 23.2 Å². The topological polar surface area (TPSA) is 54.7 Å². The Kier molecular flexibility index (Phi) is 5.30. The van der Waals surface area contributed by atoms with Crippen molar-refractivity contribution in [3.05, 3.63) is 47.4 Å². The number of anilines is 1. The van der Waals surface area contributed by atoms with Crippen LogP contribution < -0.4 is 10.1 Å². The standard InChI is InChI=1S/C18H21ClN2O3/c1-2-24-17-11-14(19)3-4-16(17)20-15-5-8-21(9-6-15)18(22)13-7-10-23-12-13/h3-4,7,10-12,15,20H,2,5-6,8-9H2,1H3. The monoisotopic (exact) mass is 348 g/mol. The number of hydrogen-bond acceptors (Lipinski definition) is 4. The van der Waals surface area contributed by atoms with Crippen LogP contribution in [0.2, 0.25) is 5.02 Å². The summed E-state index contributed by atoms with van der Waals surface area (Å²) in [7, 11) is 0. The number of piperidine rings is 1. The molecule has 24 heavy (non-hydrogen) atoms. The number of carbonyl (C=O) groups excluding carboxylic acids is 1. The number of nitrogens with one attached hydrogen (secondary N) is 1. The van der Waals surface area contributed by atoms with E-state index in [1.807, 2.05) is 30.0 Å². The molecule has 1 saturated heterocycles. The number of halogens is 1. The average Bonchev–Trinajstić information content (AvgIpc) is 3.12. The lowest BCUT2D eigenvalue weighted by molar-refractivity contribution is 0.0717. The van der Waals surface area contributed by atoms with Gasteiger partial charge in [-0.2, -0.15) is 0 Å². The van der Waals surface area contributed by atoms with E-state index in [1.54, 1.807) is 6.07 Å². The van der Waals surface area contributed by atoms with Crippen molar-refractivity contribution in [2.45, 2.75) is 25.8 Å². The van der Waals surface area contributed by atoms with Gasteiger partial charge < -0.3 is 19.4 Å². The summed E-state index contributed by atoms with van der Waals surface area (Å²) in [5.74, 6) is 0.797. The van der Waals surface area contributed by atoms with Crippen LogP contribution in [0.15, 0.2) is 41.2 Å². The molecule has 0 atom stereocenters. The number of benzene rings is 1. The number of nitrogens with zero attached hydrogens (tertiary/aromatic N) is 1. The van der Waals surface area contributed by atoms with Crippen LogP contribution in [0.25, 0.3) is 0 Å². The second-order valence-electron chi connectivity index (χ2n) is 5.80. The van der Waals surface area contributed by atoms with Crippen LogP contribution in [0.1, 0.15) is 30.1 Å². The van der Waals surface area contributed by atoms with Crippen molar-refractivity contribution in [3.63, 3.8) is 0 Å². The van der Waals surface area contributed by atoms with E-state index in [2.05, 4.69) is 5.32 Å². The van der Waals surface area contributed by atoms with Crippen molar-refractivity contribution in [1.82, 2.24) is 4.90 Å². The highest BCUT2D eigenvalue weighted by molar-refractivity contribution is 6.30. The predicted molar refractivity (Wildman–Crippen MR) is 93.9 cm³/mol. The molecule has 1 amide bonds. The molecule has 0 radical (unpaired) electrons. The van der Waals surface area contributed by atoms with Crippen LogP contribution >= 0.6 is 11.6 Å². The Balaban J connectivity index is 1.59. The van der Waals surface area contributed by atoms with E-state index in [1.165, 1.54) is 12.5 Å². The molecular formula is C18H21ClN2O3. The van der Waals surface area contributed by atoms with Gasteiger partial charge in [-0.1, -0.05) is 11.6 Å². The average molecular weight is 349 g/mol. The van der Waals surface area contributed by atoms with E-state index in [4.69, 9.17) is 20.8 Å². The van der Waals surface area contributed by atoms with Gasteiger partial charge in [-0.25, -0.2) is 0 Å².